The maximum Gasteiger partial charge on any atom is 0.322 e. The standard InChI is InChI=1S/C13H20N2O2S/c1-2-17-13(16)12(14)6-9-18-8-5-11-4-3-7-15-10-11/h3-4,7,10,12H,2,5-6,8-9,14H2,1H3. The lowest BCUT2D eigenvalue weighted by Gasteiger charge is -2.09. The Morgan fingerprint density at radius 1 is 1.56 bits per heavy atom. The van der Waals surface area contributed by atoms with Gasteiger partial charge in [0.2, 0.25) is 0 Å². The minimum absolute atomic E-state index is 0.301. The Hall–Kier alpha value is -1.07. The highest BCUT2D eigenvalue weighted by Gasteiger charge is 2.13. The Morgan fingerprint density at radius 3 is 3.06 bits per heavy atom. The van der Waals surface area contributed by atoms with Gasteiger partial charge in [-0.05, 0) is 42.9 Å². The molecular weight excluding hydrogens is 248 g/mol. The zero-order chi connectivity index (χ0) is 13.2. The molecule has 1 atom stereocenters. The molecular formula is C13H20N2O2S. The monoisotopic (exact) mass is 268 g/mol. The van der Waals surface area contributed by atoms with Crippen LogP contribution in [0.25, 0.3) is 0 Å². The number of nitrogens with zero attached hydrogens (tertiary/aromatic N) is 1. The maximum atomic E-state index is 11.3. The summed E-state index contributed by atoms with van der Waals surface area (Å²) in [4.78, 5) is 15.3. The zero-order valence-corrected chi connectivity index (χ0v) is 11.5. The van der Waals surface area contributed by atoms with Gasteiger partial charge in [-0.3, -0.25) is 9.78 Å². The van der Waals surface area contributed by atoms with Gasteiger partial charge < -0.3 is 10.5 Å². The largest absolute Gasteiger partial charge is 0.465 e. The van der Waals surface area contributed by atoms with Gasteiger partial charge in [0.05, 0.1) is 6.61 Å². The Bertz CT molecular complexity index is 346. The first-order valence-electron chi connectivity index (χ1n) is 6.13. The molecule has 1 aromatic rings. The second-order valence-electron chi connectivity index (χ2n) is 3.87. The van der Waals surface area contributed by atoms with Gasteiger partial charge in [-0.1, -0.05) is 6.07 Å². The van der Waals surface area contributed by atoms with Crippen LogP contribution in [0.2, 0.25) is 0 Å². The summed E-state index contributed by atoms with van der Waals surface area (Å²) in [6.45, 7) is 2.17. The molecule has 0 saturated carbocycles. The van der Waals surface area contributed by atoms with Gasteiger partial charge in [-0.15, -0.1) is 0 Å². The van der Waals surface area contributed by atoms with Crippen LogP contribution in [-0.2, 0) is 16.0 Å². The molecule has 0 radical (unpaired) electrons. The van der Waals surface area contributed by atoms with Crippen molar-refractivity contribution in [3.05, 3.63) is 30.1 Å². The predicted octanol–water partition coefficient (Wildman–Crippen LogP) is 1.64. The molecule has 0 aliphatic carbocycles. The van der Waals surface area contributed by atoms with Gasteiger partial charge in [-0.25, -0.2) is 0 Å². The van der Waals surface area contributed by atoms with Crippen molar-refractivity contribution in [2.75, 3.05) is 18.1 Å². The molecule has 0 fully saturated rings. The fourth-order valence-electron chi connectivity index (χ4n) is 1.42. The lowest BCUT2D eigenvalue weighted by molar-refractivity contribution is -0.144. The van der Waals surface area contributed by atoms with E-state index in [4.69, 9.17) is 10.5 Å². The van der Waals surface area contributed by atoms with E-state index in [0.717, 1.165) is 17.9 Å². The Kier molecular flexibility index (Phi) is 7.44. The number of thioether (sulfide) groups is 1. The molecule has 0 aliphatic rings. The van der Waals surface area contributed by atoms with Gasteiger partial charge in [-0.2, -0.15) is 11.8 Å². The highest BCUT2D eigenvalue weighted by Crippen LogP contribution is 2.08. The van der Waals surface area contributed by atoms with Crippen LogP contribution in [-0.4, -0.2) is 35.1 Å². The van der Waals surface area contributed by atoms with E-state index in [2.05, 4.69) is 11.1 Å². The fraction of sp³-hybridized carbons (Fsp3) is 0.538. The van der Waals surface area contributed by atoms with Crippen molar-refractivity contribution < 1.29 is 9.53 Å². The molecule has 0 amide bonds. The van der Waals surface area contributed by atoms with Crippen molar-refractivity contribution in [2.24, 2.45) is 5.73 Å². The number of aromatic nitrogens is 1. The number of ether oxygens (including phenoxy) is 1. The van der Waals surface area contributed by atoms with Crippen molar-refractivity contribution in [3.8, 4) is 0 Å². The number of pyridine rings is 1. The fourth-order valence-corrected chi connectivity index (χ4v) is 2.42. The first kappa shape index (κ1) is 15.0. The highest BCUT2D eigenvalue weighted by molar-refractivity contribution is 7.99. The molecule has 0 aliphatic heterocycles. The number of nitrogens with two attached hydrogens (primary N) is 1. The van der Waals surface area contributed by atoms with Crippen LogP contribution >= 0.6 is 11.8 Å². The molecule has 1 rings (SSSR count). The molecule has 100 valence electrons. The Morgan fingerprint density at radius 2 is 2.39 bits per heavy atom. The van der Waals surface area contributed by atoms with Crippen LogP contribution in [0.4, 0.5) is 0 Å². The summed E-state index contributed by atoms with van der Waals surface area (Å²) in [6, 6.07) is 3.52. The number of carbonyl (C=O) groups excluding carboxylic acids is 1. The van der Waals surface area contributed by atoms with Crippen molar-refractivity contribution in [1.82, 2.24) is 4.98 Å². The van der Waals surface area contributed by atoms with Crippen molar-refractivity contribution in [2.45, 2.75) is 25.8 Å². The lowest BCUT2D eigenvalue weighted by atomic mass is 10.2. The number of rotatable bonds is 8. The lowest BCUT2D eigenvalue weighted by Crippen LogP contribution is -2.32. The third-order valence-electron chi connectivity index (χ3n) is 2.42. The Balaban J connectivity index is 2.07. The number of hydrogen-bond donors (Lipinski definition) is 1. The van der Waals surface area contributed by atoms with Crippen LogP contribution in [0.5, 0.6) is 0 Å². The molecule has 0 bridgehead atoms. The second kappa shape index (κ2) is 8.94. The molecule has 1 aromatic heterocycles. The van der Waals surface area contributed by atoms with E-state index in [1.807, 2.05) is 12.3 Å². The van der Waals surface area contributed by atoms with Crippen LogP contribution in [0.15, 0.2) is 24.5 Å². The molecule has 18 heavy (non-hydrogen) atoms. The minimum Gasteiger partial charge on any atom is -0.465 e. The SMILES string of the molecule is CCOC(=O)C(N)CCSCCc1cccnc1. The van der Waals surface area contributed by atoms with E-state index < -0.39 is 6.04 Å². The van der Waals surface area contributed by atoms with Gasteiger partial charge >= 0.3 is 5.97 Å². The molecule has 0 aromatic carbocycles. The van der Waals surface area contributed by atoms with E-state index in [-0.39, 0.29) is 5.97 Å². The first-order valence-corrected chi connectivity index (χ1v) is 7.28. The highest BCUT2D eigenvalue weighted by atomic mass is 32.2. The quantitative estimate of drug-likeness (QED) is 0.573. The molecule has 0 saturated heterocycles. The van der Waals surface area contributed by atoms with Gasteiger partial charge in [0, 0.05) is 12.4 Å². The normalized spacial score (nSPS) is 12.1. The molecule has 0 spiro atoms. The van der Waals surface area contributed by atoms with Crippen LogP contribution < -0.4 is 5.73 Å². The average molecular weight is 268 g/mol. The summed E-state index contributed by atoms with van der Waals surface area (Å²) >= 11 is 1.80. The summed E-state index contributed by atoms with van der Waals surface area (Å²) in [5, 5.41) is 0. The predicted molar refractivity (Wildman–Crippen MR) is 74.5 cm³/mol. The smallest absolute Gasteiger partial charge is 0.322 e. The summed E-state index contributed by atoms with van der Waals surface area (Å²) in [6.07, 6.45) is 5.31. The van der Waals surface area contributed by atoms with E-state index in [1.54, 1.807) is 24.9 Å². The third kappa shape index (κ3) is 6.02. The van der Waals surface area contributed by atoms with E-state index >= 15 is 0 Å². The first-order chi connectivity index (χ1) is 8.74. The van der Waals surface area contributed by atoms with Crippen molar-refractivity contribution >= 4 is 17.7 Å². The zero-order valence-electron chi connectivity index (χ0n) is 10.7. The molecule has 2 N–H and O–H groups in total. The number of carbonyl (C=O) groups is 1. The molecule has 1 heterocycles. The third-order valence-corrected chi connectivity index (χ3v) is 3.44. The van der Waals surface area contributed by atoms with Crippen molar-refractivity contribution in [1.29, 1.82) is 0 Å². The van der Waals surface area contributed by atoms with Gasteiger partial charge in [0.15, 0.2) is 0 Å². The van der Waals surface area contributed by atoms with Crippen LogP contribution in [0.3, 0.4) is 0 Å². The Labute approximate surface area is 112 Å². The second-order valence-corrected chi connectivity index (χ2v) is 5.10. The summed E-state index contributed by atoms with van der Waals surface area (Å²) in [5.74, 6) is 1.59. The minimum atomic E-state index is -0.490. The van der Waals surface area contributed by atoms with Crippen LogP contribution in [0, 0.1) is 0 Å². The average Bonchev–Trinajstić information content (AvgIpc) is 2.39. The topological polar surface area (TPSA) is 65.2 Å². The number of hydrogen-bond acceptors (Lipinski definition) is 5. The summed E-state index contributed by atoms with van der Waals surface area (Å²) < 4.78 is 4.85. The molecule has 1 unspecified atom stereocenters. The molecule has 5 heteroatoms. The summed E-state index contributed by atoms with van der Waals surface area (Å²) in [5.41, 5.74) is 6.93. The van der Waals surface area contributed by atoms with E-state index in [9.17, 15) is 4.79 Å². The number of aryl methyl sites for hydroxylation is 1. The van der Waals surface area contributed by atoms with E-state index in [0.29, 0.717) is 13.0 Å². The van der Waals surface area contributed by atoms with Gasteiger partial charge in [0.1, 0.15) is 6.04 Å². The number of esters is 1. The molecule has 4 nitrogen and oxygen atoms in total. The van der Waals surface area contributed by atoms with E-state index in [1.165, 1.54) is 5.56 Å². The maximum absolute atomic E-state index is 11.3. The summed E-state index contributed by atoms with van der Waals surface area (Å²) in [7, 11) is 0. The van der Waals surface area contributed by atoms with Crippen LogP contribution in [0.1, 0.15) is 18.9 Å². The van der Waals surface area contributed by atoms with Crippen molar-refractivity contribution in [3.63, 3.8) is 0 Å². The van der Waals surface area contributed by atoms with Gasteiger partial charge in [0.25, 0.3) is 0 Å².